The van der Waals surface area contributed by atoms with Crippen LogP contribution >= 0.6 is 0 Å². The summed E-state index contributed by atoms with van der Waals surface area (Å²) in [7, 11) is 0. The lowest BCUT2D eigenvalue weighted by Crippen LogP contribution is -2.46. The smallest absolute Gasteiger partial charge is 0.338 e. The number of halogens is 1. The van der Waals surface area contributed by atoms with Gasteiger partial charge in [-0.15, -0.1) is 0 Å². The standard InChI is InChI=1S/C13H16FNO2/c1-2-3-9-7-15(8-9)10-4-5-11(13(16)17)12(14)6-10/h4-6,9H,2-3,7-8H2,1H3,(H,16,17). The summed E-state index contributed by atoms with van der Waals surface area (Å²) in [5, 5.41) is 8.72. The van der Waals surface area contributed by atoms with Gasteiger partial charge in [0.05, 0.1) is 5.56 Å². The predicted octanol–water partition coefficient (Wildman–Crippen LogP) is 2.76. The Morgan fingerprint density at radius 3 is 2.76 bits per heavy atom. The molecule has 0 bridgehead atoms. The lowest BCUT2D eigenvalue weighted by atomic mass is 9.94. The Morgan fingerprint density at radius 2 is 2.24 bits per heavy atom. The molecule has 4 heteroatoms. The molecule has 3 nitrogen and oxygen atoms in total. The molecular formula is C13H16FNO2. The molecule has 1 saturated heterocycles. The molecule has 1 N–H and O–H groups in total. The average molecular weight is 237 g/mol. The van der Waals surface area contributed by atoms with E-state index in [1.165, 1.54) is 25.0 Å². The third kappa shape index (κ3) is 2.40. The van der Waals surface area contributed by atoms with Crippen molar-refractivity contribution in [1.29, 1.82) is 0 Å². The number of nitrogens with zero attached hydrogens (tertiary/aromatic N) is 1. The van der Waals surface area contributed by atoms with Crippen molar-refractivity contribution in [3.63, 3.8) is 0 Å². The molecule has 1 heterocycles. The minimum atomic E-state index is -1.22. The van der Waals surface area contributed by atoms with E-state index in [2.05, 4.69) is 11.8 Å². The Balaban J connectivity index is 2.04. The maximum absolute atomic E-state index is 13.5. The van der Waals surface area contributed by atoms with E-state index in [4.69, 9.17) is 5.11 Å². The van der Waals surface area contributed by atoms with Gasteiger partial charge in [0.25, 0.3) is 0 Å². The molecule has 0 spiro atoms. The molecule has 0 atom stereocenters. The Hall–Kier alpha value is -1.58. The van der Waals surface area contributed by atoms with Crippen molar-refractivity contribution in [1.82, 2.24) is 0 Å². The van der Waals surface area contributed by atoms with Gasteiger partial charge in [0.1, 0.15) is 5.82 Å². The van der Waals surface area contributed by atoms with Crippen LogP contribution < -0.4 is 4.90 Å². The molecule has 2 rings (SSSR count). The zero-order chi connectivity index (χ0) is 12.4. The van der Waals surface area contributed by atoms with Gasteiger partial charge in [-0.1, -0.05) is 13.3 Å². The van der Waals surface area contributed by atoms with Crippen LogP contribution in [0.1, 0.15) is 30.1 Å². The van der Waals surface area contributed by atoms with Gasteiger partial charge < -0.3 is 10.0 Å². The maximum atomic E-state index is 13.5. The summed E-state index contributed by atoms with van der Waals surface area (Å²) >= 11 is 0. The molecule has 1 aliphatic heterocycles. The van der Waals surface area contributed by atoms with Gasteiger partial charge in [0.2, 0.25) is 0 Å². The Kier molecular flexibility index (Phi) is 3.31. The third-order valence-electron chi connectivity index (χ3n) is 3.20. The zero-order valence-electron chi connectivity index (χ0n) is 9.82. The first kappa shape index (κ1) is 11.9. The molecule has 92 valence electrons. The second-order valence-corrected chi connectivity index (χ2v) is 4.53. The summed E-state index contributed by atoms with van der Waals surface area (Å²) in [6.45, 7) is 4.05. The number of hydrogen-bond donors (Lipinski definition) is 1. The van der Waals surface area contributed by atoms with Crippen LogP contribution in [0.4, 0.5) is 10.1 Å². The van der Waals surface area contributed by atoms with E-state index in [0.717, 1.165) is 18.8 Å². The molecule has 1 aromatic rings. The quantitative estimate of drug-likeness (QED) is 0.875. The highest BCUT2D eigenvalue weighted by molar-refractivity contribution is 5.88. The van der Waals surface area contributed by atoms with Crippen molar-refractivity contribution in [3.8, 4) is 0 Å². The van der Waals surface area contributed by atoms with E-state index < -0.39 is 11.8 Å². The molecule has 0 aliphatic carbocycles. The second-order valence-electron chi connectivity index (χ2n) is 4.53. The zero-order valence-corrected chi connectivity index (χ0v) is 9.82. The van der Waals surface area contributed by atoms with Gasteiger partial charge in [-0.3, -0.25) is 0 Å². The van der Waals surface area contributed by atoms with Crippen molar-refractivity contribution in [3.05, 3.63) is 29.6 Å². The number of benzene rings is 1. The third-order valence-corrected chi connectivity index (χ3v) is 3.20. The number of aromatic carboxylic acids is 1. The summed E-state index contributed by atoms with van der Waals surface area (Å²) in [5.41, 5.74) is 0.513. The molecule has 0 aromatic heterocycles. The summed E-state index contributed by atoms with van der Waals surface area (Å²) in [5.74, 6) is -1.18. The first-order valence-corrected chi connectivity index (χ1v) is 5.89. The SMILES string of the molecule is CCCC1CN(c2ccc(C(=O)O)c(F)c2)C1. The Labute approximate surface area is 99.9 Å². The highest BCUT2D eigenvalue weighted by Gasteiger charge is 2.26. The monoisotopic (exact) mass is 237 g/mol. The lowest BCUT2D eigenvalue weighted by molar-refractivity contribution is 0.0692. The van der Waals surface area contributed by atoms with Crippen LogP contribution in [0.3, 0.4) is 0 Å². The molecule has 17 heavy (non-hydrogen) atoms. The number of hydrogen-bond acceptors (Lipinski definition) is 2. The Bertz CT molecular complexity index is 427. The van der Waals surface area contributed by atoms with E-state index in [1.807, 2.05) is 0 Å². The van der Waals surface area contributed by atoms with Crippen LogP contribution in [0.25, 0.3) is 0 Å². The van der Waals surface area contributed by atoms with Crippen molar-refractivity contribution in [2.45, 2.75) is 19.8 Å². The first-order chi connectivity index (χ1) is 8.11. The molecule has 1 aliphatic rings. The van der Waals surface area contributed by atoms with Gasteiger partial charge in [-0.05, 0) is 30.5 Å². The van der Waals surface area contributed by atoms with Gasteiger partial charge >= 0.3 is 5.97 Å². The first-order valence-electron chi connectivity index (χ1n) is 5.89. The summed E-state index contributed by atoms with van der Waals surface area (Å²) in [4.78, 5) is 12.7. The number of carbonyl (C=O) groups is 1. The van der Waals surface area contributed by atoms with Crippen LogP contribution in [-0.2, 0) is 0 Å². The largest absolute Gasteiger partial charge is 0.478 e. The normalized spacial score (nSPS) is 15.8. The van der Waals surface area contributed by atoms with Crippen LogP contribution in [0, 0.1) is 11.7 Å². The minimum absolute atomic E-state index is 0.264. The van der Waals surface area contributed by atoms with E-state index >= 15 is 0 Å². The molecule has 0 amide bonds. The fourth-order valence-electron chi connectivity index (χ4n) is 2.25. The average Bonchev–Trinajstić information content (AvgIpc) is 2.22. The van der Waals surface area contributed by atoms with Crippen LogP contribution in [0.5, 0.6) is 0 Å². The van der Waals surface area contributed by atoms with Gasteiger partial charge in [-0.25, -0.2) is 9.18 Å². The Morgan fingerprint density at radius 1 is 1.53 bits per heavy atom. The van der Waals surface area contributed by atoms with Crippen LogP contribution in [0.15, 0.2) is 18.2 Å². The molecule has 0 unspecified atom stereocenters. The molecule has 1 aromatic carbocycles. The maximum Gasteiger partial charge on any atom is 0.338 e. The van der Waals surface area contributed by atoms with Crippen LogP contribution in [-0.4, -0.2) is 24.2 Å². The second kappa shape index (κ2) is 4.73. The number of rotatable bonds is 4. The fourth-order valence-corrected chi connectivity index (χ4v) is 2.25. The summed E-state index contributed by atoms with van der Waals surface area (Å²) in [6, 6.07) is 4.32. The molecule has 1 fully saturated rings. The molecule has 0 saturated carbocycles. The van der Waals surface area contributed by atoms with Crippen LogP contribution in [0.2, 0.25) is 0 Å². The van der Waals surface area contributed by atoms with E-state index in [1.54, 1.807) is 6.07 Å². The highest BCUT2D eigenvalue weighted by atomic mass is 19.1. The number of carboxylic acids is 1. The van der Waals surface area contributed by atoms with Crippen molar-refractivity contribution in [2.24, 2.45) is 5.92 Å². The van der Waals surface area contributed by atoms with E-state index in [0.29, 0.717) is 5.92 Å². The topological polar surface area (TPSA) is 40.5 Å². The lowest BCUT2D eigenvalue weighted by Gasteiger charge is -2.41. The van der Waals surface area contributed by atoms with Gasteiger partial charge in [0.15, 0.2) is 0 Å². The predicted molar refractivity (Wildman–Crippen MR) is 64.0 cm³/mol. The number of anilines is 1. The van der Waals surface area contributed by atoms with Crippen molar-refractivity contribution in [2.75, 3.05) is 18.0 Å². The van der Waals surface area contributed by atoms with E-state index in [-0.39, 0.29) is 5.56 Å². The molecule has 0 radical (unpaired) electrons. The fraction of sp³-hybridized carbons (Fsp3) is 0.462. The van der Waals surface area contributed by atoms with Gasteiger partial charge in [-0.2, -0.15) is 0 Å². The van der Waals surface area contributed by atoms with Crippen molar-refractivity contribution >= 4 is 11.7 Å². The number of carboxylic acid groups (broad SMARTS) is 1. The molecular weight excluding hydrogens is 221 g/mol. The minimum Gasteiger partial charge on any atom is -0.478 e. The summed E-state index contributed by atoms with van der Waals surface area (Å²) in [6.07, 6.45) is 2.37. The van der Waals surface area contributed by atoms with Crippen molar-refractivity contribution < 1.29 is 14.3 Å². The van der Waals surface area contributed by atoms with E-state index in [9.17, 15) is 9.18 Å². The highest BCUT2D eigenvalue weighted by Crippen LogP contribution is 2.28. The van der Waals surface area contributed by atoms with Gasteiger partial charge in [0, 0.05) is 18.8 Å². The summed E-state index contributed by atoms with van der Waals surface area (Å²) < 4.78 is 13.5.